The van der Waals surface area contributed by atoms with E-state index in [0.717, 1.165) is 62.1 Å². The molecule has 3 aromatic rings. The van der Waals surface area contributed by atoms with Crippen LogP contribution in [-0.2, 0) is 24.1 Å². The normalized spacial score (nSPS) is 19.2. The van der Waals surface area contributed by atoms with Gasteiger partial charge >= 0.3 is 0 Å². The van der Waals surface area contributed by atoms with Crippen molar-refractivity contribution in [1.29, 1.82) is 0 Å². The van der Waals surface area contributed by atoms with Gasteiger partial charge < -0.3 is 9.64 Å². The third-order valence-electron chi connectivity index (χ3n) is 7.03. The second-order valence-electron chi connectivity index (χ2n) is 9.57. The molecule has 34 heavy (non-hydrogen) atoms. The molecule has 0 saturated carbocycles. The van der Waals surface area contributed by atoms with Crippen LogP contribution in [0.4, 0.5) is 10.1 Å². The first kappa shape index (κ1) is 23.5. The van der Waals surface area contributed by atoms with Gasteiger partial charge in [0.1, 0.15) is 10.6 Å². The summed E-state index contributed by atoms with van der Waals surface area (Å²) in [7, 11) is 0. The molecule has 1 aliphatic carbocycles. The van der Waals surface area contributed by atoms with Crippen molar-refractivity contribution >= 4 is 27.2 Å². The molecule has 3 heterocycles. The Hall–Kier alpha value is -2.29. The van der Waals surface area contributed by atoms with E-state index < -0.39 is 0 Å². The Morgan fingerprint density at radius 1 is 1.21 bits per heavy atom. The highest BCUT2D eigenvalue weighted by Gasteiger charge is 2.31. The molecule has 1 atom stereocenters. The highest BCUT2D eigenvalue weighted by molar-refractivity contribution is 7.18. The van der Waals surface area contributed by atoms with Crippen molar-refractivity contribution in [2.24, 2.45) is 0 Å². The second-order valence-corrected chi connectivity index (χ2v) is 10.7. The van der Waals surface area contributed by atoms with Gasteiger partial charge in [0.05, 0.1) is 23.5 Å². The number of piperazine rings is 1. The molecule has 0 radical (unpaired) electrons. The Labute approximate surface area is 204 Å². The fraction of sp³-hybridized carbons (Fsp3) is 0.538. The number of aromatic nitrogens is 2. The minimum atomic E-state index is -0.144. The molecular formula is C26H33FN4O2S. The minimum absolute atomic E-state index is 0.0870. The van der Waals surface area contributed by atoms with Crippen LogP contribution in [0.5, 0.6) is 0 Å². The predicted molar refractivity (Wildman–Crippen MR) is 136 cm³/mol. The summed E-state index contributed by atoms with van der Waals surface area (Å²) in [4.78, 5) is 24.7. The van der Waals surface area contributed by atoms with Gasteiger partial charge in [-0.05, 0) is 57.2 Å². The molecular weight excluding hydrogens is 451 g/mol. The number of rotatable bonds is 7. The van der Waals surface area contributed by atoms with Crippen LogP contribution in [0.15, 0.2) is 35.4 Å². The first-order valence-corrected chi connectivity index (χ1v) is 13.2. The molecule has 1 fully saturated rings. The number of nitrogens with zero attached hydrogens (tertiary/aromatic N) is 4. The fourth-order valence-corrected chi connectivity index (χ4v) is 6.49. The standard InChI is InChI=1S/C26H33FN4O2S/c1-18(2)33-15-5-10-31-17-28-25-24(26(31)32)20-9-8-19(16-23(20)34-25)29-11-13-30(14-12-29)22-7-4-3-6-21(22)27/h3-4,6-7,17-19H,5,8-16H2,1-2H3. The van der Waals surface area contributed by atoms with E-state index in [4.69, 9.17) is 4.74 Å². The molecule has 182 valence electrons. The lowest BCUT2D eigenvalue weighted by molar-refractivity contribution is 0.0747. The summed E-state index contributed by atoms with van der Waals surface area (Å²) in [5.74, 6) is -0.144. The van der Waals surface area contributed by atoms with Gasteiger partial charge in [-0.15, -0.1) is 11.3 Å². The van der Waals surface area contributed by atoms with Gasteiger partial charge in [-0.25, -0.2) is 9.37 Å². The van der Waals surface area contributed by atoms with Gasteiger partial charge in [0.25, 0.3) is 5.56 Å². The highest BCUT2D eigenvalue weighted by atomic mass is 32.1. The topological polar surface area (TPSA) is 50.6 Å². The molecule has 2 aliphatic rings. The first-order chi connectivity index (χ1) is 16.5. The van der Waals surface area contributed by atoms with Crippen LogP contribution in [0.1, 0.15) is 37.1 Å². The van der Waals surface area contributed by atoms with Crippen molar-refractivity contribution in [3.63, 3.8) is 0 Å². The quantitative estimate of drug-likeness (QED) is 0.473. The number of anilines is 1. The van der Waals surface area contributed by atoms with E-state index in [9.17, 15) is 9.18 Å². The van der Waals surface area contributed by atoms with E-state index in [1.807, 2.05) is 26.0 Å². The van der Waals surface area contributed by atoms with Gasteiger partial charge in [0, 0.05) is 50.2 Å². The molecule has 1 saturated heterocycles. The van der Waals surface area contributed by atoms with Crippen molar-refractivity contribution < 1.29 is 9.13 Å². The largest absolute Gasteiger partial charge is 0.379 e. The van der Waals surface area contributed by atoms with E-state index in [1.165, 1.54) is 16.5 Å². The van der Waals surface area contributed by atoms with E-state index in [2.05, 4.69) is 14.8 Å². The zero-order valence-electron chi connectivity index (χ0n) is 20.0. The lowest BCUT2D eigenvalue weighted by Gasteiger charge is -2.41. The number of benzene rings is 1. The molecule has 2 aromatic heterocycles. The smallest absolute Gasteiger partial charge is 0.262 e. The Morgan fingerprint density at radius 2 is 2.00 bits per heavy atom. The first-order valence-electron chi connectivity index (χ1n) is 12.4. The van der Waals surface area contributed by atoms with Crippen molar-refractivity contribution in [3.05, 3.63) is 57.2 Å². The summed E-state index contributed by atoms with van der Waals surface area (Å²) < 4.78 is 21.5. The molecule has 1 aliphatic heterocycles. The Morgan fingerprint density at radius 3 is 2.76 bits per heavy atom. The number of fused-ring (bicyclic) bond motifs is 3. The van der Waals surface area contributed by atoms with Crippen LogP contribution in [0.2, 0.25) is 0 Å². The number of para-hydroxylation sites is 1. The summed E-state index contributed by atoms with van der Waals surface area (Å²) in [6.07, 6.45) is 5.65. The summed E-state index contributed by atoms with van der Waals surface area (Å²) in [5, 5.41) is 0.829. The third-order valence-corrected chi connectivity index (χ3v) is 8.19. The molecule has 0 bridgehead atoms. The van der Waals surface area contributed by atoms with Gasteiger partial charge in [0.15, 0.2) is 0 Å². The molecule has 1 aromatic carbocycles. The second kappa shape index (κ2) is 10.1. The molecule has 0 amide bonds. The van der Waals surface area contributed by atoms with Gasteiger partial charge in [-0.2, -0.15) is 0 Å². The van der Waals surface area contributed by atoms with Crippen molar-refractivity contribution in [2.75, 3.05) is 37.7 Å². The number of thiophene rings is 1. The van der Waals surface area contributed by atoms with Crippen LogP contribution in [-0.4, -0.2) is 59.4 Å². The van der Waals surface area contributed by atoms with Crippen LogP contribution >= 0.6 is 11.3 Å². The molecule has 1 unspecified atom stereocenters. The van der Waals surface area contributed by atoms with Crippen LogP contribution in [0.3, 0.4) is 0 Å². The monoisotopic (exact) mass is 484 g/mol. The van der Waals surface area contributed by atoms with Gasteiger partial charge in [-0.1, -0.05) is 12.1 Å². The third kappa shape index (κ3) is 4.76. The minimum Gasteiger partial charge on any atom is -0.379 e. The Balaban J connectivity index is 1.25. The zero-order valence-corrected chi connectivity index (χ0v) is 20.8. The Kier molecular flexibility index (Phi) is 6.99. The van der Waals surface area contributed by atoms with E-state index in [0.29, 0.717) is 24.9 Å². The van der Waals surface area contributed by atoms with E-state index >= 15 is 0 Å². The van der Waals surface area contributed by atoms with Crippen molar-refractivity contribution in [3.8, 4) is 0 Å². The van der Waals surface area contributed by atoms with Gasteiger partial charge in [0.2, 0.25) is 0 Å². The van der Waals surface area contributed by atoms with Crippen LogP contribution in [0, 0.1) is 5.82 Å². The zero-order chi connectivity index (χ0) is 23.7. The SMILES string of the molecule is CC(C)OCCCn1cnc2sc3c(c2c1=O)CCC(N1CCN(c2ccccc2F)CC1)C3. The maximum Gasteiger partial charge on any atom is 0.262 e. The number of hydrogen-bond donors (Lipinski definition) is 0. The van der Waals surface area contributed by atoms with Gasteiger partial charge in [-0.3, -0.25) is 14.3 Å². The summed E-state index contributed by atoms with van der Waals surface area (Å²) in [5.41, 5.74) is 2.01. The molecule has 5 rings (SSSR count). The van der Waals surface area contributed by atoms with E-state index in [-0.39, 0.29) is 17.5 Å². The molecule has 6 nitrogen and oxygen atoms in total. The van der Waals surface area contributed by atoms with Crippen LogP contribution < -0.4 is 10.5 Å². The average Bonchev–Trinajstić information content (AvgIpc) is 3.22. The molecule has 0 N–H and O–H groups in total. The van der Waals surface area contributed by atoms with Crippen molar-refractivity contribution in [1.82, 2.24) is 14.5 Å². The lowest BCUT2D eigenvalue weighted by Crippen LogP contribution is -2.51. The summed E-state index contributed by atoms with van der Waals surface area (Å²) in [6.45, 7) is 8.86. The van der Waals surface area contributed by atoms with Crippen molar-refractivity contribution in [2.45, 2.75) is 58.2 Å². The lowest BCUT2D eigenvalue weighted by atomic mass is 9.91. The summed E-state index contributed by atoms with van der Waals surface area (Å²) >= 11 is 1.69. The number of ether oxygens (including phenoxy) is 1. The Bertz CT molecular complexity index is 1200. The predicted octanol–water partition coefficient (Wildman–Crippen LogP) is 4.09. The molecule has 8 heteroatoms. The highest BCUT2D eigenvalue weighted by Crippen LogP contribution is 2.35. The van der Waals surface area contributed by atoms with Crippen LogP contribution in [0.25, 0.3) is 10.2 Å². The molecule has 0 spiro atoms. The van der Waals surface area contributed by atoms with E-state index in [1.54, 1.807) is 28.3 Å². The maximum absolute atomic E-state index is 14.2. The average molecular weight is 485 g/mol. The number of halogens is 1. The number of hydrogen-bond acceptors (Lipinski definition) is 6. The fourth-order valence-electron chi connectivity index (χ4n) is 5.24. The summed E-state index contributed by atoms with van der Waals surface area (Å²) in [6, 6.07) is 7.51. The number of aryl methyl sites for hydroxylation is 2. The maximum atomic E-state index is 14.2.